The minimum absolute atomic E-state index is 0.204. The van der Waals surface area contributed by atoms with Crippen LogP contribution in [0.25, 0.3) is 0 Å². The summed E-state index contributed by atoms with van der Waals surface area (Å²) in [7, 11) is 0. The Morgan fingerprint density at radius 3 is 2.79 bits per heavy atom. The second kappa shape index (κ2) is 7.63. The molecule has 0 aromatic carbocycles. The summed E-state index contributed by atoms with van der Waals surface area (Å²) in [5.74, 6) is 1.47. The first-order valence-corrected chi connectivity index (χ1v) is 9.42. The smallest absolute Gasteiger partial charge is 0.246 e. The van der Waals surface area contributed by atoms with Crippen molar-refractivity contribution in [3.8, 4) is 0 Å². The van der Waals surface area contributed by atoms with Crippen LogP contribution in [0, 0.1) is 0 Å². The van der Waals surface area contributed by atoms with Crippen LogP contribution < -0.4 is 0 Å². The van der Waals surface area contributed by atoms with Gasteiger partial charge in [-0.1, -0.05) is 13.0 Å². The van der Waals surface area contributed by atoms with E-state index < -0.39 is 0 Å². The number of carbonyl (C=O) groups is 1. The van der Waals surface area contributed by atoms with Crippen molar-refractivity contribution in [3.63, 3.8) is 0 Å². The van der Waals surface area contributed by atoms with Crippen molar-refractivity contribution in [2.24, 2.45) is 0 Å². The summed E-state index contributed by atoms with van der Waals surface area (Å²) in [4.78, 5) is 14.2. The molecule has 2 aliphatic heterocycles. The molecule has 2 aliphatic rings. The molecule has 1 amide bonds. The zero-order valence-corrected chi connectivity index (χ0v) is 13.6. The van der Waals surface area contributed by atoms with Crippen LogP contribution >= 0.6 is 23.5 Å². The van der Waals surface area contributed by atoms with Gasteiger partial charge >= 0.3 is 0 Å². The molecule has 2 saturated heterocycles. The van der Waals surface area contributed by atoms with Gasteiger partial charge in [-0.05, 0) is 38.4 Å². The Labute approximate surface area is 125 Å². The highest BCUT2D eigenvalue weighted by Gasteiger charge is 2.22. The maximum atomic E-state index is 12.2. The van der Waals surface area contributed by atoms with Gasteiger partial charge in [0.1, 0.15) is 0 Å². The van der Waals surface area contributed by atoms with E-state index in [2.05, 4.69) is 19.9 Å². The Kier molecular flexibility index (Phi) is 6.14. The molecule has 0 radical (unpaired) electrons. The second-order valence-electron chi connectivity index (χ2n) is 5.43. The third-order valence-electron chi connectivity index (χ3n) is 3.86. The third-order valence-corrected chi connectivity index (χ3v) is 6.68. The molecule has 2 fully saturated rings. The molecule has 0 saturated carbocycles. The summed E-state index contributed by atoms with van der Waals surface area (Å²) in [6.45, 7) is 6.11. The van der Waals surface area contributed by atoms with Crippen LogP contribution in [0.3, 0.4) is 0 Å². The van der Waals surface area contributed by atoms with Crippen molar-refractivity contribution in [1.29, 1.82) is 0 Å². The second-order valence-corrected chi connectivity index (χ2v) is 8.52. The van der Waals surface area contributed by atoms with Crippen LogP contribution in [-0.2, 0) is 4.79 Å². The van der Waals surface area contributed by atoms with Crippen molar-refractivity contribution in [2.75, 3.05) is 18.8 Å². The summed E-state index contributed by atoms with van der Waals surface area (Å²) in [6.07, 6.45) is 9.03. The quantitative estimate of drug-likeness (QED) is 0.724. The lowest BCUT2D eigenvalue weighted by molar-refractivity contribution is -0.125. The van der Waals surface area contributed by atoms with Gasteiger partial charge < -0.3 is 4.90 Å². The number of rotatable bonds is 5. The highest BCUT2D eigenvalue weighted by Crippen LogP contribution is 2.33. The standard InChI is InChI=1S/C15H25NOS2/c1-3-16(11-14-5-4-10-18-14)15(17)9-8-13-7-6-12(2)19-13/h8-9,12-14H,3-7,10-11H2,1-2H3/b9-8+. The molecular formula is C15H25NOS2. The van der Waals surface area contributed by atoms with E-state index in [-0.39, 0.29) is 5.91 Å². The molecule has 2 rings (SSSR count). The van der Waals surface area contributed by atoms with Crippen molar-refractivity contribution >= 4 is 29.4 Å². The minimum Gasteiger partial charge on any atom is -0.338 e. The number of amides is 1. The largest absolute Gasteiger partial charge is 0.338 e. The lowest BCUT2D eigenvalue weighted by atomic mass is 10.2. The number of thioether (sulfide) groups is 2. The van der Waals surface area contributed by atoms with Crippen LogP contribution in [0.4, 0.5) is 0 Å². The zero-order valence-electron chi connectivity index (χ0n) is 12.0. The Morgan fingerprint density at radius 1 is 1.37 bits per heavy atom. The highest BCUT2D eigenvalue weighted by atomic mass is 32.2. The van der Waals surface area contributed by atoms with Gasteiger partial charge in [0.15, 0.2) is 0 Å². The maximum absolute atomic E-state index is 12.2. The Bertz CT molecular complexity index is 326. The molecule has 0 aliphatic carbocycles. The van der Waals surface area contributed by atoms with E-state index >= 15 is 0 Å². The zero-order chi connectivity index (χ0) is 13.7. The summed E-state index contributed by atoms with van der Waals surface area (Å²) < 4.78 is 0. The van der Waals surface area contributed by atoms with E-state index in [1.54, 1.807) is 0 Å². The van der Waals surface area contributed by atoms with E-state index in [0.29, 0.717) is 10.5 Å². The highest BCUT2D eigenvalue weighted by molar-refractivity contribution is 8.00. The normalized spacial score (nSPS) is 31.2. The molecule has 2 nitrogen and oxygen atoms in total. The summed E-state index contributed by atoms with van der Waals surface area (Å²) >= 11 is 4.02. The van der Waals surface area contributed by atoms with E-state index in [4.69, 9.17) is 0 Å². The molecule has 4 heteroatoms. The number of nitrogens with zero attached hydrogens (tertiary/aromatic N) is 1. The fourth-order valence-electron chi connectivity index (χ4n) is 2.68. The Hall–Kier alpha value is -0.0900. The summed E-state index contributed by atoms with van der Waals surface area (Å²) in [5.41, 5.74) is 0. The van der Waals surface area contributed by atoms with Gasteiger partial charge in [-0.3, -0.25) is 4.79 Å². The molecule has 0 aromatic heterocycles. The van der Waals surface area contributed by atoms with Crippen LogP contribution in [0.1, 0.15) is 39.5 Å². The molecule has 0 N–H and O–H groups in total. The lowest BCUT2D eigenvalue weighted by Crippen LogP contribution is -2.34. The fraction of sp³-hybridized carbons (Fsp3) is 0.800. The Morgan fingerprint density at radius 2 is 2.21 bits per heavy atom. The van der Waals surface area contributed by atoms with Crippen LogP contribution in [-0.4, -0.2) is 45.4 Å². The predicted octanol–water partition coefficient (Wildman–Crippen LogP) is 3.57. The average Bonchev–Trinajstić information content (AvgIpc) is 3.04. The fourth-order valence-corrected chi connectivity index (χ4v) is 5.27. The van der Waals surface area contributed by atoms with Gasteiger partial charge in [0.2, 0.25) is 5.91 Å². The van der Waals surface area contributed by atoms with Gasteiger partial charge in [-0.15, -0.1) is 0 Å². The molecule has 2 heterocycles. The number of likely N-dealkylation sites (N-methyl/N-ethyl adjacent to an activating group) is 1. The van der Waals surface area contributed by atoms with E-state index in [0.717, 1.165) is 18.3 Å². The van der Waals surface area contributed by atoms with Gasteiger partial charge in [-0.25, -0.2) is 0 Å². The molecule has 3 atom stereocenters. The molecule has 3 unspecified atom stereocenters. The third kappa shape index (κ3) is 4.75. The van der Waals surface area contributed by atoms with E-state index in [1.807, 2.05) is 34.5 Å². The van der Waals surface area contributed by atoms with Crippen molar-refractivity contribution in [2.45, 2.75) is 55.3 Å². The van der Waals surface area contributed by atoms with Crippen LogP contribution in [0.5, 0.6) is 0 Å². The number of carbonyl (C=O) groups excluding carboxylic acids is 1. The van der Waals surface area contributed by atoms with Crippen LogP contribution in [0.2, 0.25) is 0 Å². The molecule has 0 bridgehead atoms. The first-order valence-electron chi connectivity index (χ1n) is 7.43. The first kappa shape index (κ1) is 15.3. The molecule has 0 aromatic rings. The molecule has 0 spiro atoms. The topological polar surface area (TPSA) is 20.3 Å². The molecule has 19 heavy (non-hydrogen) atoms. The van der Waals surface area contributed by atoms with E-state index in [1.165, 1.54) is 31.4 Å². The van der Waals surface area contributed by atoms with Crippen molar-refractivity contribution in [3.05, 3.63) is 12.2 Å². The Balaban J connectivity index is 1.80. The van der Waals surface area contributed by atoms with E-state index in [9.17, 15) is 4.79 Å². The number of hydrogen-bond donors (Lipinski definition) is 0. The molecular weight excluding hydrogens is 274 g/mol. The van der Waals surface area contributed by atoms with Crippen molar-refractivity contribution < 1.29 is 4.79 Å². The lowest BCUT2D eigenvalue weighted by Gasteiger charge is -2.22. The van der Waals surface area contributed by atoms with Crippen molar-refractivity contribution in [1.82, 2.24) is 4.90 Å². The minimum atomic E-state index is 0.204. The molecule has 108 valence electrons. The predicted molar refractivity (Wildman–Crippen MR) is 86.9 cm³/mol. The SMILES string of the molecule is CCN(CC1CCCS1)C(=O)/C=C/C1CCC(C)S1. The number of hydrogen-bond acceptors (Lipinski definition) is 3. The maximum Gasteiger partial charge on any atom is 0.246 e. The van der Waals surface area contributed by atoms with Gasteiger partial charge in [0.25, 0.3) is 0 Å². The van der Waals surface area contributed by atoms with Gasteiger partial charge in [0.05, 0.1) is 0 Å². The average molecular weight is 300 g/mol. The van der Waals surface area contributed by atoms with Crippen LogP contribution in [0.15, 0.2) is 12.2 Å². The summed E-state index contributed by atoms with van der Waals surface area (Å²) in [5, 5.41) is 1.97. The van der Waals surface area contributed by atoms with Gasteiger partial charge in [0, 0.05) is 34.9 Å². The summed E-state index contributed by atoms with van der Waals surface area (Å²) in [6, 6.07) is 0. The monoisotopic (exact) mass is 299 g/mol. The van der Waals surface area contributed by atoms with Gasteiger partial charge in [-0.2, -0.15) is 23.5 Å². The first-order chi connectivity index (χ1) is 9.19.